The molecule has 3 heterocycles. The quantitative estimate of drug-likeness (QED) is 0.401. The number of nitriles is 1. The average molecular weight is 474 g/mol. The molecule has 0 aliphatic carbocycles. The molecule has 9 heteroatoms. The summed E-state index contributed by atoms with van der Waals surface area (Å²) in [6.07, 6.45) is -1.17. The third kappa shape index (κ3) is 4.06. The van der Waals surface area contributed by atoms with Crippen molar-refractivity contribution in [3.63, 3.8) is 0 Å². The zero-order valence-corrected chi connectivity index (χ0v) is 19.9. The van der Waals surface area contributed by atoms with E-state index < -0.39 is 17.8 Å². The van der Waals surface area contributed by atoms with Gasteiger partial charge >= 0.3 is 6.09 Å². The molecule has 2 aromatic heterocycles. The Morgan fingerprint density at radius 2 is 2.06 bits per heavy atom. The molecule has 5 rings (SSSR count). The molecule has 0 saturated heterocycles. The summed E-state index contributed by atoms with van der Waals surface area (Å²) in [6, 6.07) is 13.8. The van der Waals surface area contributed by atoms with E-state index >= 15 is 0 Å². The lowest BCUT2D eigenvalue weighted by Crippen LogP contribution is -2.27. The molecule has 1 unspecified atom stereocenters. The Bertz CT molecular complexity index is 1510. The minimum absolute atomic E-state index is 0.310. The standard InChI is InChI=1S/C26H24FN5O3/c1-15-18(6-5-7-19(15)27)22-24-29-23(30-31(24)10-11-34-22)21-13-17-12-16(14-28)8-9-20(17)32(21)25(33)35-26(2,3)4/h5-9,12-13,22H,10-11H2,1-4H3. The van der Waals surface area contributed by atoms with Crippen molar-refractivity contribution in [2.45, 2.75) is 45.9 Å². The van der Waals surface area contributed by atoms with E-state index in [1.54, 1.807) is 62.7 Å². The molecule has 0 bridgehead atoms. The van der Waals surface area contributed by atoms with Gasteiger partial charge in [0.2, 0.25) is 0 Å². The maximum Gasteiger partial charge on any atom is 0.419 e. The highest BCUT2D eigenvalue weighted by molar-refractivity contribution is 5.96. The third-order valence-electron chi connectivity index (χ3n) is 5.85. The van der Waals surface area contributed by atoms with E-state index in [2.05, 4.69) is 11.2 Å². The second-order valence-corrected chi connectivity index (χ2v) is 9.45. The summed E-state index contributed by atoms with van der Waals surface area (Å²) in [7, 11) is 0. The van der Waals surface area contributed by atoms with Crippen molar-refractivity contribution in [2.24, 2.45) is 0 Å². The summed E-state index contributed by atoms with van der Waals surface area (Å²) >= 11 is 0. The zero-order chi connectivity index (χ0) is 24.9. The number of carbonyl (C=O) groups excluding carboxylic acids is 1. The maximum atomic E-state index is 14.3. The van der Waals surface area contributed by atoms with Crippen LogP contribution in [0.4, 0.5) is 9.18 Å². The normalized spacial score (nSPS) is 15.6. The molecule has 35 heavy (non-hydrogen) atoms. The molecule has 0 N–H and O–H groups in total. The van der Waals surface area contributed by atoms with E-state index in [4.69, 9.17) is 14.5 Å². The second kappa shape index (κ2) is 8.32. The minimum Gasteiger partial charge on any atom is -0.443 e. The van der Waals surface area contributed by atoms with Crippen molar-refractivity contribution < 1.29 is 18.7 Å². The Balaban J connectivity index is 1.67. The van der Waals surface area contributed by atoms with Crippen molar-refractivity contribution in [1.82, 2.24) is 19.3 Å². The van der Waals surface area contributed by atoms with Crippen molar-refractivity contribution in [3.05, 3.63) is 70.8 Å². The highest BCUT2D eigenvalue weighted by Crippen LogP contribution is 2.34. The summed E-state index contributed by atoms with van der Waals surface area (Å²) < 4.78 is 29.1. The maximum absolute atomic E-state index is 14.3. The molecular formula is C26H24FN5O3. The van der Waals surface area contributed by atoms with Gasteiger partial charge in [0.25, 0.3) is 0 Å². The summed E-state index contributed by atoms with van der Waals surface area (Å²) in [4.78, 5) is 18.0. The van der Waals surface area contributed by atoms with Gasteiger partial charge in [0.05, 0.1) is 36.0 Å². The second-order valence-electron chi connectivity index (χ2n) is 9.45. The smallest absolute Gasteiger partial charge is 0.419 e. The lowest BCUT2D eigenvalue weighted by Gasteiger charge is -2.24. The molecule has 8 nitrogen and oxygen atoms in total. The Morgan fingerprint density at radius 1 is 1.26 bits per heavy atom. The van der Waals surface area contributed by atoms with Crippen LogP contribution < -0.4 is 0 Å². The summed E-state index contributed by atoms with van der Waals surface area (Å²) in [5.41, 5.74) is 1.93. The molecule has 2 aromatic carbocycles. The van der Waals surface area contributed by atoms with Gasteiger partial charge in [-0.05, 0) is 69.2 Å². The van der Waals surface area contributed by atoms with Crippen LogP contribution in [-0.2, 0) is 16.0 Å². The summed E-state index contributed by atoms with van der Waals surface area (Å²) in [5, 5.41) is 14.7. The van der Waals surface area contributed by atoms with Gasteiger partial charge in [0, 0.05) is 5.39 Å². The molecule has 178 valence electrons. The zero-order valence-electron chi connectivity index (χ0n) is 19.9. The SMILES string of the molecule is Cc1c(F)cccc1C1OCCn2nc(-c3cc4cc(C#N)ccc4n3C(=O)OC(C)(C)C)nc21. The van der Waals surface area contributed by atoms with Crippen molar-refractivity contribution >= 4 is 17.0 Å². The van der Waals surface area contributed by atoms with E-state index in [0.29, 0.717) is 58.1 Å². The number of hydrogen-bond donors (Lipinski definition) is 0. The lowest BCUT2D eigenvalue weighted by atomic mass is 10.0. The van der Waals surface area contributed by atoms with Gasteiger partial charge < -0.3 is 9.47 Å². The van der Waals surface area contributed by atoms with Crippen LogP contribution in [0.5, 0.6) is 0 Å². The first kappa shape index (κ1) is 22.7. The number of rotatable bonds is 2. The fourth-order valence-electron chi connectivity index (χ4n) is 4.24. The predicted molar refractivity (Wildman–Crippen MR) is 126 cm³/mol. The van der Waals surface area contributed by atoms with Gasteiger partial charge in [0.1, 0.15) is 17.5 Å². The van der Waals surface area contributed by atoms with Crippen LogP contribution in [-0.4, -0.2) is 37.6 Å². The molecule has 0 radical (unpaired) electrons. The summed E-state index contributed by atoms with van der Waals surface area (Å²) in [6.45, 7) is 7.94. The number of carbonyl (C=O) groups is 1. The molecule has 1 atom stereocenters. The Morgan fingerprint density at radius 3 is 2.80 bits per heavy atom. The largest absolute Gasteiger partial charge is 0.443 e. The highest BCUT2D eigenvalue weighted by Gasteiger charge is 2.31. The molecule has 0 amide bonds. The van der Waals surface area contributed by atoms with Gasteiger partial charge in [-0.1, -0.05) is 12.1 Å². The Labute approximate surface area is 201 Å². The van der Waals surface area contributed by atoms with Crippen molar-refractivity contribution in [3.8, 4) is 17.6 Å². The van der Waals surface area contributed by atoms with Crippen LogP contribution in [0.2, 0.25) is 0 Å². The monoisotopic (exact) mass is 473 g/mol. The van der Waals surface area contributed by atoms with Crippen LogP contribution in [0, 0.1) is 24.1 Å². The van der Waals surface area contributed by atoms with Gasteiger partial charge in [-0.3, -0.25) is 0 Å². The molecule has 1 aliphatic heterocycles. The van der Waals surface area contributed by atoms with Crippen LogP contribution in [0.3, 0.4) is 0 Å². The fourth-order valence-corrected chi connectivity index (χ4v) is 4.24. The highest BCUT2D eigenvalue weighted by atomic mass is 19.1. The van der Waals surface area contributed by atoms with Gasteiger partial charge in [0.15, 0.2) is 11.6 Å². The fraction of sp³-hybridized carbons (Fsp3) is 0.308. The molecule has 0 saturated carbocycles. The van der Waals surface area contributed by atoms with E-state index in [1.807, 2.05) is 6.07 Å². The van der Waals surface area contributed by atoms with Crippen LogP contribution in [0.1, 0.15) is 49.4 Å². The first-order chi connectivity index (χ1) is 16.7. The molecular weight excluding hydrogens is 449 g/mol. The molecule has 1 aliphatic rings. The number of hydrogen-bond acceptors (Lipinski definition) is 6. The number of aromatic nitrogens is 4. The number of benzene rings is 2. The summed E-state index contributed by atoms with van der Waals surface area (Å²) in [5.74, 6) is 0.519. The van der Waals surface area contributed by atoms with Crippen LogP contribution in [0.25, 0.3) is 22.4 Å². The van der Waals surface area contributed by atoms with Gasteiger partial charge in [-0.2, -0.15) is 5.26 Å². The minimum atomic E-state index is -0.716. The van der Waals surface area contributed by atoms with E-state index in [-0.39, 0.29) is 5.82 Å². The lowest BCUT2D eigenvalue weighted by molar-refractivity contribution is 0.0384. The number of halogens is 1. The van der Waals surface area contributed by atoms with E-state index in [0.717, 1.165) is 0 Å². The first-order valence-corrected chi connectivity index (χ1v) is 11.3. The van der Waals surface area contributed by atoms with E-state index in [1.165, 1.54) is 10.6 Å². The van der Waals surface area contributed by atoms with E-state index in [9.17, 15) is 14.4 Å². The van der Waals surface area contributed by atoms with Crippen LogP contribution in [0.15, 0.2) is 42.5 Å². The predicted octanol–water partition coefficient (Wildman–Crippen LogP) is 5.12. The topological polar surface area (TPSA) is 95.0 Å². The average Bonchev–Trinajstić information content (AvgIpc) is 3.40. The first-order valence-electron chi connectivity index (χ1n) is 11.3. The van der Waals surface area contributed by atoms with Gasteiger partial charge in [-0.15, -0.1) is 5.10 Å². The number of nitrogens with zero attached hydrogens (tertiary/aromatic N) is 5. The number of fused-ring (bicyclic) bond motifs is 2. The van der Waals surface area contributed by atoms with Gasteiger partial charge in [-0.25, -0.2) is 23.4 Å². The molecule has 4 aromatic rings. The van der Waals surface area contributed by atoms with Crippen molar-refractivity contribution in [1.29, 1.82) is 5.26 Å². The third-order valence-corrected chi connectivity index (χ3v) is 5.85. The van der Waals surface area contributed by atoms with Crippen LogP contribution >= 0.6 is 0 Å². The van der Waals surface area contributed by atoms with Crippen molar-refractivity contribution in [2.75, 3.05) is 6.61 Å². The molecule has 0 fully saturated rings. The Kier molecular flexibility index (Phi) is 5.41. The Hall–Kier alpha value is -4.03. The number of ether oxygens (including phenoxy) is 2. The molecule has 0 spiro atoms.